The van der Waals surface area contributed by atoms with Crippen LogP contribution in [0.25, 0.3) is 5.57 Å². The number of para-hydroxylation sites is 1. The molecule has 2 atom stereocenters. The highest BCUT2D eigenvalue weighted by Gasteiger charge is 2.40. The summed E-state index contributed by atoms with van der Waals surface area (Å²) >= 11 is 0. The highest BCUT2D eigenvalue weighted by Crippen LogP contribution is 2.47. The number of fused-ring (bicyclic) bond motifs is 3. The van der Waals surface area contributed by atoms with Crippen molar-refractivity contribution in [2.75, 3.05) is 4.90 Å². The largest absolute Gasteiger partial charge is 0.361 e. The van der Waals surface area contributed by atoms with Crippen molar-refractivity contribution in [2.24, 2.45) is 5.41 Å². The first-order valence-electron chi connectivity index (χ1n) is 7.58. The van der Waals surface area contributed by atoms with Crippen molar-refractivity contribution in [3.63, 3.8) is 0 Å². The molecular formula is C18H25N. The minimum atomic E-state index is 0.306. The molecule has 0 fully saturated rings. The Morgan fingerprint density at radius 2 is 1.95 bits per heavy atom. The second-order valence-electron chi connectivity index (χ2n) is 7.07. The number of rotatable bonds is 1. The molecule has 0 radical (unpaired) electrons. The molecule has 1 aromatic rings. The van der Waals surface area contributed by atoms with Crippen LogP contribution in [0.3, 0.4) is 0 Å². The topological polar surface area (TPSA) is 3.24 Å². The maximum absolute atomic E-state index is 2.68. The number of nitrogens with zero attached hydrogens (tertiary/aromatic N) is 1. The molecule has 3 rings (SSSR count). The van der Waals surface area contributed by atoms with Gasteiger partial charge in [-0.05, 0) is 43.2 Å². The Kier molecular flexibility index (Phi) is 2.96. The average Bonchev–Trinajstić information content (AvgIpc) is 2.71. The first kappa shape index (κ1) is 12.8. The van der Waals surface area contributed by atoms with E-state index in [1.807, 2.05) is 0 Å². The summed E-state index contributed by atoms with van der Waals surface area (Å²) in [5, 5.41) is 0. The number of allylic oxidation sites excluding steroid dienone is 1. The second kappa shape index (κ2) is 4.40. The van der Waals surface area contributed by atoms with Crippen molar-refractivity contribution in [1.29, 1.82) is 0 Å². The molecule has 0 bridgehead atoms. The second-order valence-corrected chi connectivity index (χ2v) is 7.07. The fourth-order valence-corrected chi connectivity index (χ4v) is 3.45. The van der Waals surface area contributed by atoms with Crippen LogP contribution >= 0.6 is 0 Å². The zero-order valence-electron chi connectivity index (χ0n) is 12.6. The lowest BCUT2D eigenvalue weighted by molar-refractivity contribution is 0.311. The van der Waals surface area contributed by atoms with Gasteiger partial charge in [-0.25, -0.2) is 0 Å². The Hall–Kier alpha value is -1.24. The van der Waals surface area contributed by atoms with Crippen molar-refractivity contribution in [3.05, 3.63) is 35.9 Å². The lowest BCUT2D eigenvalue weighted by Crippen LogP contribution is -2.46. The van der Waals surface area contributed by atoms with Crippen molar-refractivity contribution >= 4 is 11.3 Å². The van der Waals surface area contributed by atoms with Gasteiger partial charge in [0, 0.05) is 17.3 Å². The first-order valence-corrected chi connectivity index (χ1v) is 7.58. The fourth-order valence-electron chi connectivity index (χ4n) is 3.45. The molecule has 2 unspecified atom stereocenters. The molecule has 102 valence electrons. The van der Waals surface area contributed by atoms with Gasteiger partial charge >= 0.3 is 0 Å². The van der Waals surface area contributed by atoms with Gasteiger partial charge in [-0.3, -0.25) is 0 Å². The average molecular weight is 255 g/mol. The minimum Gasteiger partial charge on any atom is -0.361 e. The standard InChI is InChI=1S/C18H25N/c1-13(18(2,3)4)19-16-11-7-5-9-14(16)15-10-6-8-12-17(15)19/h5,7,9-11,13,17H,6,8,12H2,1-4H3. The molecule has 0 saturated carbocycles. The van der Waals surface area contributed by atoms with E-state index in [4.69, 9.17) is 0 Å². The van der Waals surface area contributed by atoms with Crippen LogP contribution < -0.4 is 4.90 Å². The Morgan fingerprint density at radius 3 is 2.68 bits per heavy atom. The molecule has 2 aliphatic rings. The van der Waals surface area contributed by atoms with Gasteiger partial charge in [0.15, 0.2) is 0 Å². The van der Waals surface area contributed by atoms with Crippen LogP contribution in [0, 0.1) is 5.41 Å². The number of anilines is 1. The third-order valence-corrected chi connectivity index (χ3v) is 4.90. The summed E-state index contributed by atoms with van der Waals surface area (Å²) in [5.41, 5.74) is 4.81. The van der Waals surface area contributed by atoms with E-state index < -0.39 is 0 Å². The smallest absolute Gasteiger partial charge is 0.0549 e. The first-order chi connectivity index (χ1) is 9.00. The van der Waals surface area contributed by atoms with E-state index in [1.165, 1.54) is 30.5 Å². The van der Waals surface area contributed by atoms with Crippen LogP contribution in [0.5, 0.6) is 0 Å². The van der Waals surface area contributed by atoms with Gasteiger partial charge < -0.3 is 4.90 Å². The molecule has 0 N–H and O–H groups in total. The zero-order valence-corrected chi connectivity index (χ0v) is 12.6. The van der Waals surface area contributed by atoms with Crippen LogP contribution in [0.1, 0.15) is 52.5 Å². The van der Waals surface area contributed by atoms with E-state index in [9.17, 15) is 0 Å². The number of benzene rings is 1. The van der Waals surface area contributed by atoms with E-state index in [0.29, 0.717) is 17.5 Å². The monoisotopic (exact) mass is 255 g/mol. The van der Waals surface area contributed by atoms with Gasteiger partial charge in [-0.2, -0.15) is 0 Å². The molecule has 1 aliphatic heterocycles. The molecular weight excluding hydrogens is 230 g/mol. The van der Waals surface area contributed by atoms with E-state index in [0.717, 1.165) is 0 Å². The minimum absolute atomic E-state index is 0.306. The van der Waals surface area contributed by atoms with Crippen LogP contribution in [0.4, 0.5) is 5.69 Å². The Balaban J connectivity index is 2.09. The zero-order chi connectivity index (χ0) is 13.6. The number of hydrogen-bond donors (Lipinski definition) is 0. The summed E-state index contributed by atoms with van der Waals surface area (Å²) in [5.74, 6) is 0. The van der Waals surface area contributed by atoms with E-state index >= 15 is 0 Å². The van der Waals surface area contributed by atoms with E-state index in [2.05, 4.69) is 62.9 Å². The highest BCUT2D eigenvalue weighted by molar-refractivity contribution is 5.88. The lowest BCUT2D eigenvalue weighted by Gasteiger charge is -2.41. The summed E-state index contributed by atoms with van der Waals surface area (Å²) in [4.78, 5) is 2.68. The van der Waals surface area contributed by atoms with Gasteiger partial charge in [0.05, 0.1) is 6.04 Å². The molecule has 1 nitrogen and oxygen atoms in total. The van der Waals surface area contributed by atoms with Gasteiger partial charge in [-0.15, -0.1) is 0 Å². The summed E-state index contributed by atoms with van der Waals surface area (Å²) in [6.45, 7) is 9.44. The predicted molar refractivity (Wildman–Crippen MR) is 83.5 cm³/mol. The molecule has 0 aromatic heterocycles. The summed E-state index contributed by atoms with van der Waals surface area (Å²) in [7, 11) is 0. The predicted octanol–water partition coefficient (Wildman–Crippen LogP) is 4.88. The molecule has 1 aliphatic carbocycles. The maximum Gasteiger partial charge on any atom is 0.0549 e. The van der Waals surface area contributed by atoms with Gasteiger partial charge in [-0.1, -0.05) is 45.0 Å². The van der Waals surface area contributed by atoms with Crippen molar-refractivity contribution < 1.29 is 0 Å². The Morgan fingerprint density at radius 1 is 1.21 bits per heavy atom. The highest BCUT2D eigenvalue weighted by atomic mass is 15.2. The van der Waals surface area contributed by atoms with Crippen LogP contribution in [-0.2, 0) is 0 Å². The quantitative estimate of drug-likeness (QED) is 0.691. The van der Waals surface area contributed by atoms with Crippen molar-refractivity contribution in [3.8, 4) is 0 Å². The molecule has 1 heterocycles. The molecule has 1 heteroatoms. The van der Waals surface area contributed by atoms with E-state index in [1.54, 1.807) is 5.57 Å². The maximum atomic E-state index is 2.68. The molecule has 1 aromatic carbocycles. The van der Waals surface area contributed by atoms with Crippen molar-refractivity contribution in [1.82, 2.24) is 0 Å². The van der Waals surface area contributed by atoms with Crippen LogP contribution in [-0.4, -0.2) is 12.1 Å². The number of hydrogen-bond acceptors (Lipinski definition) is 1. The summed E-state index contributed by atoms with van der Waals surface area (Å²) in [6, 6.07) is 10.1. The van der Waals surface area contributed by atoms with E-state index in [-0.39, 0.29) is 0 Å². The molecule has 19 heavy (non-hydrogen) atoms. The lowest BCUT2D eigenvalue weighted by atomic mass is 9.85. The van der Waals surface area contributed by atoms with Crippen molar-refractivity contribution in [2.45, 2.75) is 59.0 Å². The summed E-state index contributed by atoms with van der Waals surface area (Å²) in [6.07, 6.45) is 6.36. The van der Waals surface area contributed by atoms with Gasteiger partial charge in [0.25, 0.3) is 0 Å². The molecule has 0 saturated heterocycles. The third-order valence-electron chi connectivity index (χ3n) is 4.90. The SMILES string of the molecule is CC(N1c2ccccc2C2=CCCCC21)C(C)(C)C. The normalized spacial score (nSPS) is 23.7. The summed E-state index contributed by atoms with van der Waals surface area (Å²) < 4.78 is 0. The fraction of sp³-hybridized carbons (Fsp3) is 0.556. The van der Waals surface area contributed by atoms with Crippen LogP contribution in [0.2, 0.25) is 0 Å². The van der Waals surface area contributed by atoms with Gasteiger partial charge in [0.2, 0.25) is 0 Å². The van der Waals surface area contributed by atoms with Gasteiger partial charge in [0.1, 0.15) is 0 Å². The Labute approximate surface area is 117 Å². The van der Waals surface area contributed by atoms with Crippen LogP contribution in [0.15, 0.2) is 30.3 Å². The molecule has 0 amide bonds. The molecule has 0 spiro atoms. The third kappa shape index (κ3) is 2.00. The Bertz CT molecular complexity index is 507.